The van der Waals surface area contributed by atoms with E-state index in [1.54, 1.807) is 12.1 Å². The van der Waals surface area contributed by atoms with Crippen LogP contribution in [-0.4, -0.2) is 31.3 Å². The molecule has 3 aromatic rings. The first-order chi connectivity index (χ1) is 15.3. The molecule has 4 rings (SSSR count). The van der Waals surface area contributed by atoms with Crippen LogP contribution in [0.3, 0.4) is 0 Å². The first kappa shape index (κ1) is 21.8. The van der Waals surface area contributed by atoms with Crippen LogP contribution in [0.5, 0.6) is 0 Å². The lowest BCUT2D eigenvalue weighted by atomic mass is 10.1. The highest BCUT2D eigenvalue weighted by molar-refractivity contribution is 7.92. The number of carbonyl (C=O) groups excluding carboxylic acids is 2. The van der Waals surface area contributed by atoms with Crippen LogP contribution in [0.1, 0.15) is 33.6 Å². The van der Waals surface area contributed by atoms with Gasteiger partial charge in [-0.15, -0.1) is 0 Å². The van der Waals surface area contributed by atoms with Crippen molar-refractivity contribution < 1.29 is 18.0 Å². The Kier molecular flexibility index (Phi) is 6.11. The Labute approximate surface area is 190 Å². The number of pyridine rings is 1. The highest BCUT2D eigenvalue weighted by atomic mass is 35.5. The highest BCUT2D eigenvalue weighted by Gasteiger charge is 2.24. The van der Waals surface area contributed by atoms with Crippen molar-refractivity contribution in [1.29, 1.82) is 0 Å². The second-order valence-electron chi connectivity index (χ2n) is 7.26. The highest BCUT2D eigenvalue weighted by Crippen LogP contribution is 2.24. The Morgan fingerprint density at radius 2 is 1.59 bits per heavy atom. The van der Waals surface area contributed by atoms with Gasteiger partial charge in [0.15, 0.2) is 0 Å². The monoisotopic (exact) mass is 470 g/mol. The molecule has 0 saturated heterocycles. The molecule has 32 heavy (non-hydrogen) atoms. The average Bonchev–Trinajstić information content (AvgIpc) is 3.58. The second-order valence-corrected chi connectivity index (χ2v) is 9.35. The lowest BCUT2D eigenvalue weighted by molar-refractivity contribution is 0.0950. The molecule has 1 aliphatic rings. The fraction of sp³-hybridized carbons (Fsp3) is 0.136. The van der Waals surface area contributed by atoms with Crippen LogP contribution >= 0.6 is 11.6 Å². The van der Waals surface area contributed by atoms with Gasteiger partial charge in [0, 0.05) is 29.7 Å². The molecule has 0 aliphatic heterocycles. The third-order valence-corrected chi connectivity index (χ3v) is 6.45. The van der Waals surface area contributed by atoms with Crippen LogP contribution in [0.15, 0.2) is 71.9 Å². The van der Waals surface area contributed by atoms with Crippen LogP contribution in [0.4, 0.5) is 11.4 Å². The number of halogens is 1. The number of anilines is 2. The smallest absolute Gasteiger partial charge is 0.261 e. The van der Waals surface area contributed by atoms with Crippen molar-refractivity contribution in [3.63, 3.8) is 0 Å². The molecule has 0 bridgehead atoms. The van der Waals surface area contributed by atoms with E-state index in [0.717, 1.165) is 12.8 Å². The first-order valence-electron chi connectivity index (χ1n) is 9.76. The quantitative estimate of drug-likeness (QED) is 0.487. The number of hydrogen-bond acceptors (Lipinski definition) is 5. The van der Waals surface area contributed by atoms with Gasteiger partial charge < -0.3 is 10.6 Å². The van der Waals surface area contributed by atoms with Gasteiger partial charge in [0.2, 0.25) is 0 Å². The van der Waals surface area contributed by atoms with E-state index in [9.17, 15) is 18.0 Å². The zero-order chi connectivity index (χ0) is 22.7. The Balaban J connectivity index is 1.42. The van der Waals surface area contributed by atoms with Gasteiger partial charge in [0.05, 0.1) is 21.2 Å². The van der Waals surface area contributed by atoms with E-state index in [-0.39, 0.29) is 27.4 Å². The third kappa shape index (κ3) is 5.24. The fourth-order valence-electron chi connectivity index (χ4n) is 2.89. The Bertz CT molecular complexity index is 1260. The second kappa shape index (κ2) is 8.97. The minimum atomic E-state index is -3.80. The molecule has 1 aliphatic carbocycles. The summed E-state index contributed by atoms with van der Waals surface area (Å²) in [5, 5.41) is 5.78. The zero-order valence-corrected chi connectivity index (χ0v) is 18.3. The van der Waals surface area contributed by atoms with Crippen molar-refractivity contribution in [2.24, 2.45) is 0 Å². The molecule has 1 aromatic heterocycles. The van der Waals surface area contributed by atoms with Gasteiger partial charge in [-0.05, 0) is 67.4 Å². The molecular weight excluding hydrogens is 452 g/mol. The minimum Gasteiger partial charge on any atom is -0.349 e. The number of nitrogens with one attached hydrogen (secondary N) is 3. The minimum absolute atomic E-state index is 0.0138. The standard InChI is InChI=1S/C22H19ClN4O4S/c23-20-13-17(5-8-19(20)22(29)25-15-3-4-15)26-21(28)14-1-6-18(7-2-14)32(30,31)27-16-9-11-24-12-10-16/h1-2,5-13,15H,3-4H2,(H,24,27)(H,25,29)(H,26,28). The summed E-state index contributed by atoms with van der Waals surface area (Å²) in [7, 11) is -3.80. The Morgan fingerprint density at radius 3 is 2.22 bits per heavy atom. The van der Waals surface area contributed by atoms with Gasteiger partial charge in [-0.1, -0.05) is 11.6 Å². The molecule has 3 N–H and O–H groups in total. The van der Waals surface area contributed by atoms with E-state index in [1.807, 2.05) is 0 Å². The van der Waals surface area contributed by atoms with Crippen molar-refractivity contribution >= 4 is 44.8 Å². The Morgan fingerprint density at radius 1 is 0.906 bits per heavy atom. The van der Waals surface area contributed by atoms with E-state index < -0.39 is 15.9 Å². The summed E-state index contributed by atoms with van der Waals surface area (Å²) in [5.74, 6) is -0.685. The molecule has 164 valence electrons. The van der Waals surface area contributed by atoms with Gasteiger partial charge in [-0.2, -0.15) is 0 Å². The molecule has 8 nitrogen and oxygen atoms in total. The number of benzene rings is 2. The molecule has 2 aromatic carbocycles. The first-order valence-corrected chi connectivity index (χ1v) is 11.6. The van der Waals surface area contributed by atoms with Gasteiger partial charge in [0.1, 0.15) is 0 Å². The molecule has 1 heterocycles. The number of hydrogen-bond donors (Lipinski definition) is 3. The van der Waals surface area contributed by atoms with Gasteiger partial charge in [0.25, 0.3) is 21.8 Å². The van der Waals surface area contributed by atoms with E-state index >= 15 is 0 Å². The molecule has 1 fully saturated rings. The SMILES string of the molecule is O=C(Nc1ccc(C(=O)NC2CC2)c(Cl)c1)c1ccc(S(=O)(=O)Nc2ccncc2)cc1. The summed E-state index contributed by atoms with van der Waals surface area (Å²) >= 11 is 6.21. The molecule has 10 heteroatoms. The van der Waals surface area contributed by atoms with E-state index in [2.05, 4.69) is 20.3 Å². The lowest BCUT2D eigenvalue weighted by Gasteiger charge is -2.10. The zero-order valence-electron chi connectivity index (χ0n) is 16.7. The fourth-order valence-corrected chi connectivity index (χ4v) is 4.22. The summed E-state index contributed by atoms with van der Waals surface area (Å²) < 4.78 is 27.4. The van der Waals surface area contributed by atoms with Crippen molar-refractivity contribution in [3.8, 4) is 0 Å². The number of rotatable bonds is 7. The normalized spacial score (nSPS) is 13.3. The topological polar surface area (TPSA) is 117 Å². The number of amides is 2. The predicted molar refractivity (Wildman–Crippen MR) is 121 cm³/mol. The van der Waals surface area contributed by atoms with Gasteiger partial charge >= 0.3 is 0 Å². The maximum atomic E-state index is 12.5. The van der Waals surface area contributed by atoms with Gasteiger partial charge in [-0.25, -0.2) is 8.42 Å². The summed E-state index contributed by atoms with van der Waals surface area (Å²) in [6.45, 7) is 0. The van der Waals surface area contributed by atoms with E-state index in [1.165, 1.54) is 54.9 Å². The van der Waals surface area contributed by atoms with Crippen LogP contribution in [0.25, 0.3) is 0 Å². The molecule has 0 atom stereocenters. The van der Waals surface area contributed by atoms with Crippen molar-refractivity contribution in [3.05, 3.63) is 83.1 Å². The summed E-state index contributed by atoms with van der Waals surface area (Å²) in [6, 6.07) is 13.4. The number of aromatic nitrogens is 1. The third-order valence-electron chi connectivity index (χ3n) is 4.74. The largest absolute Gasteiger partial charge is 0.349 e. The predicted octanol–water partition coefficient (Wildman–Crippen LogP) is 3.68. The molecule has 0 radical (unpaired) electrons. The van der Waals surface area contributed by atoms with E-state index in [4.69, 9.17) is 11.6 Å². The van der Waals surface area contributed by atoms with Crippen molar-refractivity contribution in [2.75, 3.05) is 10.0 Å². The average molecular weight is 471 g/mol. The van der Waals surface area contributed by atoms with Crippen LogP contribution < -0.4 is 15.4 Å². The van der Waals surface area contributed by atoms with E-state index in [0.29, 0.717) is 16.9 Å². The maximum absolute atomic E-state index is 12.5. The number of carbonyl (C=O) groups is 2. The van der Waals surface area contributed by atoms with Crippen LogP contribution in [0.2, 0.25) is 5.02 Å². The molecule has 1 saturated carbocycles. The van der Waals surface area contributed by atoms with Gasteiger partial charge in [-0.3, -0.25) is 19.3 Å². The summed E-state index contributed by atoms with van der Waals surface area (Å²) in [6.07, 6.45) is 4.89. The summed E-state index contributed by atoms with van der Waals surface area (Å²) in [4.78, 5) is 28.6. The molecule has 2 amide bonds. The lowest BCUT2D eigenvalue weighted by Crippen LogP contribution is -2.25. The number of sulfonamides is 1. The number of nitrogens with zero attached hydrogens (tertiary/aromatic N) is 1. The van der Waals surface area contributed by atoms with Crippen molar-refractivity contribution in [1.82, 2.24) is 10.3 Å². The van der Waals surface area contributed by atoms with Crippen LogP contribution in [-0.2, 0) is 10.0 Å². The molecular formula is C22H19ClN4O4S. The Hall–Kier alpha value is -3.43. The summed E-state index contributed by atoms with van der Waals surface area (Å²) in [5.41, 5.74) is 1.40. The molecule has 0 unspecified atom stereocenters. The van der Waals surface area contributed by atoms with Crippen LogP contribution in [0, 0.1) is 0 Å². The van der Waals surface area contributed by atoms with Crippen molar-refractivity contribution in [2.45, 2.75) is 23.8 Å². The molecule has 0 spiro atoms. The maximum Gasteiger partial charge on any atom is 0.261 e.